The molecule has 0 saturated heterocycles. The molecule has 0 N–H and O–H groups in total. The Morgan fingerprint density at radius 2 is 1.71 bits per heavy atom. The summed E-state index contributed by atoms with van der Waals surface area (Å²) in [6.07, 6.45) is 1.88. The van der Waals surface area contributed by atoms with Crippen LogP contribution in [0.4, 0.5) is 0 Å². The molecule has 21 heavy (non-hydrogen) atoms. The van der Waals surface area contributed by atoms with Crippen LogP contribution in [0.2, 0.25) is 0 Å². The average Bonchev–Trinajstić information content (AvgIpc) is 2.87. The molecule has 0 radical (unpaired) electrons. The van der Waals surface area contributed by atoms with Gasteiger partial charge in [0.25, 0.3) is 0 Å². The Hall–Kier alpha value is -2.09. The molecule has 0 aliphatic heterocycles. The lowest BCUT2D eigenvalue weighted by molar-refractivity contribution is 0.505. The van der Waals surface area contributed by atoms with Crippen molar-refractivity contribution in [1.29, 1.82) is 0 Å². The molecule has 0 bridgehead atoms. The number of fused-ring (bicyclic) bond motifs is 1. The van der Waals surface area contributed by atoms with E-state index in [0.717, 1.165) is 5.65 Å². The summed E-state index contributed by atoms with van der Waals surface area (Å²) in [6, 6.07) is 17.3. The molecule has 0 aliphatic rings. The summed E-state index contributed by atoms with van der Waals surface area (Å²) in [5, 5.41) is 1.21. The zero-order valence-corrected chi connectivity index (χ0v) is 13.2. The fourth-order valence-corrected chi connectivity index (χ4v) is 2.90. The fraction of sp³-hybridized carbons (Fsp3) is 0.316. The molecule has 1 aromatic carbocycles. The minimum atomic E-state index is 0.0870. The summed E-state index contributed by atoms with van der Waals surface area (Å²) < 4.78 is 2.38. The van der Waals surface area contributed by atoms with Gasteiger partial charge in [-0.05, 0) is 30.7 Å². The van der Waals surface area contributed by atoms with Gasteiger partial charge in [-0.15, -0.1) is 0 Å². The zero-order chi connectivity index (χ0) is 15.0. The molecule has 0 unspecified atom stereocenters. The van der Waals surface area contributed by atoms with Gasteiger partial charge in [-0.2, -0.15) is 0 Å². The molecule has 0 aliphatic carbocycles. The standard InChI is InChI=1S/C19H22N2/c1-14(15-9-6-5-7-10-15)21-17(19(2,3)4)13-16-11-8-12-20-18(16)21/h5-14H,1-4H3/t14-/m1/s1. The van der Waals surface area contributed by atoms with E-state index >= 15 is 0 Å². The van der Waals surface area contributed by atoms with Crippen molar-refractivity contribution < 1.29 is 0 Å². The van der Waals surface area contributed by atoms with Crippen LogP contribution in [-0.2, 0) is 5.41 Å². The molecule has 0 fully saturated rings. The Labute approximate surface area is 126 Å². The van der Waals surface area contributed by atoms with E-state index in [4.69, 9.17) is 0 Å². The number of pyridine rings is 1. The van der Waals surface area contributed by atoms with Crippen molar-refractivity contribution in [1.82, 2.24) is 9.55 Å². The SMILES string of the molecule is C[C@H](c1ccccc1)n1c(C(C)(C)C)cc2cccnc21. The van der Waals surface area contributed by atoms with Gasteiger partial charge < -0.3 is 4.57 Å². The fourth-order valence-electron chi connectivity index (χ4n) is 2.90. The van der Waals surface area contributed by atoms with Crippen molar-refractivity contribution in [2.45, 2.75) is 39.2 Å². The van der Waals surface area contributed by atoms with Crippen molar-refractivity contribution in [3.05, 3.63) is 66.0 Å². The third-order valence-corrected chi connectivity index (χ3v) is 4.03. The second-order valence-corrected chi connectivity index (χ2v) is 6.65. The molecule has 2 nitrogen and oxygen atoms in total. The first-order chi connectivity index (χ1) is 9.98. The maximum atomic E-state index is 4.62. The normalized spacial score (nSPS) is 13.5. The minimum absolute atomic E-state index is 0.0870. The highest BCUT2D eigenvalue weighted by molar-refractivity contribution is 5.78. The van der Waals surface area contributed by atoms with E-state index < -0.39 is 0 Å². The first kappa shape index (κ1) is 13.9. The van der Waals surface area contributed by atoms with E-state index in [-0.39, 0.29) is 11.5 Å². The summed E-state index contributed by atoms with van der Waals surface area (Å²) >= 11 is 0. The second kappa shape index (κ2) is 5.03. The van der Waals surface area contributed by atoms with Crippen LogP contribution in [0.15, 0.2) is 54.7 Å². The van der Waals surface area contributed by atoms with Gasteiger partial charge in [0.05, 0.1) is 6.04 Å². The van der Waals surface area contributed by atoms with E-state index in [1.54, 1.807) is 0 Å². The van der Waals surface area contributed by atoms with Crippen molar-refractivity contribution in [3.63, 3.8) is 0 Å². The monoisotopic (exact) mass is 278 g/mol. The van der Waals surface area contributed by atoms with Gasteiger partial charge in [-0.1, -0.05) is 51.1 Å². The molecule has 0 saturated carbocycles. The second-order valence-electron chi connectivity index (χ2n) is 6.65. The minimum Gasteiger partial charge on any atom is -0.322 e. The highest BCUT2D eigenvalue weighted by Crippen LogP contribution is 2.33. The lowest BCUT2D eigenvalue weighted by atomic mass is 9.91. The van der Waals surface area contributed by atoms with Crippen LogP contribution in [0.25, 0.3) is 11.0 Å². The Balaban J connectivity index is 2.25. The predicted molar refractivity (Wildman–Crippen MR) is 88.7 cm³/mol. The van der Waals surface area contributed by atoms with Gasteiger partial charge in [-0.25, -0.2) is 4.98 Å². The Morgan fingerprint density at radius 1 is 1.00 bits per heavy atom. The number of benzene rings is 1. The first-order valence-electron chi connectivity index (χ1n) is 7.50. The van der Waals surface area contributed by atoms with Crippen LogP contribution in [0.1, 0.15) is 45.0 Å². The van der Waals surface area contributed by atoms with E-state index in [2.05, 4.69) is 79.7 Å². The third-order valence-electron chi connectivity index (χ3n) is 4.03. The van der Waals surface area contributed by atoms with Crippen LogP contribution in [-0.4, -0.2) is 9.55 Å². The van der Waals surface area contributed by atoms with Gasteiger partial charge >= 0.3 is 0 Å². The molecule has 0 spiro atoms. The van der Waals surface area contributed by atoms with Gasteiger partial charge in [0.1, 0.15) is 5.65 Å². The molecular formula is C19H22N2. The van der Waals surface area contributed by atoms with Gasteiger partial charge in [0.15, 0.2) is 0 Å². The topological polar surface area (TPSA) is 17.8 Å². The van der Waals surface area contributed by atoms with Gasteiger partial charge in [0, 0.05) is 22.7 Å². The van der Waals surface area contributed by atoms with Crippen LogP contribution in [0.5, 0.6) is 0 Å². The number of rotatable bonds is 2. The highest BCUT2D eigenvalue weighted by atomic mass is 15.1. The van der Waals surface area contributed by atoms with E-state index in [0.29, 0.717) is 0 Å². The molecule has 108 valence electrons. The molecule has 3 aromatic rings. The van der Waals surface area contributed by atoms with Crippen LogP contribution in [0.3, 0.4) is 0 Å². The molecule has 2 aromatic heterocycles. The lowest BCUT2D eigenvalue weighted by Gasteiger charge is -2.26. The van der Waals surface area contributed by atoms with E-state index in [1.807, 2.05) is 12.3 Å². The Kier molecular flexibility index (Phi) is 3.32. The van der Waals surface area contributed by atoms with Crippen LogP contribution >= 0.6 is 0 Å². The summed E-state index contributed by atoms with van der Waals surface area (Å²) in [5.41, 5.74) is 3.79. The molecule has 2 heterocycles. The van der Waals surface area contributed by atoms with E-state index in [1.165, 1.54) is 16.6 Å². The number of hydrogen-bond donors (Lipinski definition) is 0. The molecule has 2 heteroatoms. The maximum Gasteiger partial charge on any atom is 0.140 e. The molecule has 0 amide bonds. The van der Waals surface area contributed by atoms with Crippen LogP contribution < -0.4 is 0 Å². The summed E-state index contributed by atoms with van der Waals surface area (Å²) in [4.78, 5) is 4.62. The average molecular weight is 278 g/mol. The van der Waals surface area contributed by atoms with Crippen molar-refractivity contribution in [3.8, 4) is 0 Å². The van der Waals surface area contributed by atoms with Crippen LogP contribution in [0, 0.1) is 0 Å². The molecule has 1 atom stereocenters. The first-order valence-corrected chi connectivity index (χ1v) is 7.50. The smallest absolute Gasteiger partial charge is 0.140 e. The van der Waals surface area contributed by atoms with Crippen molar-refractivity contribution in [2.75, 3.05) is 0 Å². The summed E-state index contributed by atoms with van der Waals surface area (Å²) in [5.74, 6) is 0. The number of hydrogen-bond acceptors (Lipinski definition) is 1. The maximum absolute atomic E-state index is 4.62. The molecular weight excluding hydrogens is 256 g/mol. The van der Waals surface area contributed by atoms with Crippen molar-refractivity contribution >= 4 is 11.0 Å². The van der Waals surface area contributed by atoms with E-state index in [9.17, 15) is 0 Å². The Morgan fingerprint density at radius 3 is 2.38 bits per heavy atom. The van der Waals surface area contributed by atoms with Crippen molar-refractivity contribution in [2.24, 2.45) is 0 Å². The van der Waals surface area contributed by atoms with Gasteiger partial charge in [0.2, 0.25) is 0 Å². The number of aromatic nitrogens is 2. The molecule has 3 rings (SSSR count). The zero-order valence-electron chi connectivity index (χ0n) is 13.2. The number of nitrogens with zero attached hydrogens (tertiary/aromatic N) is 2. The quantitative estimate of drug-likeness (QED) is 0.649. The highest BCUT2D eigenvalue weighted by Gasteiger charge is 2.24. The third kappa shape index (κ3) is 2.46. The van der Waals surface area contributed by atoms with Gasteiger partial charge in [-0.3, -0.25) is 0 Å². The summed E-state index contributed by atoms with van der Waals surface area (Å²) in [6.45, 7) is 9.03. The Bertz CT molecular complexity index is 748. The lowest BCUT2D eigenvalue weighted by Crippen LogP contribution is -2.20. The predicted octanol–water partition coefficient (Wildman–Crippen LogP) is 4.94. The largest absolute Gasteiger partial charge is 0.322 e. The summed E-state index contributed by atoms with van der Waals surface area (Å²) in [7, 11) is 0.